The van der Waals surface area contributed by atoms with Gasteiger partial charge >= 0.3 is 6.03 Å². The van der Waals surface area contributed by atoms with E-state index in [1.807, 2.05) is 12.1 Å². The molecular formula is C22H26N6O3. The van der Waals surface area contributed by atoms with E-state index < -0.39 is 0 Å². The molecular weight excluding hydrogens is 396 g/mol. The quantitative estimate of drug-likeness (QED) is 0.651. The highest BCUT2D eigenvalue weighted by Gasteiger charge is 2.23. The van der Waals surface area contributed by atoms with Gasteiger partial charge in [0.15, 0.2) is 5.82 Å². The summed E-state index contributed by atoms with van der Waals surface area (Å²) in [5, 5.41) is 2.85. The smallest absolute Gasteiger partial charge is 0.323 e. The molecule has 31 heavy (non-hydrogen) atoms. The van der Waals surface area contributed by atoms with E-state index in [1.165, 1.54) is 7.11 Å². The first-order valence-corrected chi connectivity index (χ1v) is 10.1. The Morgan fingerprint density at radius 3 is 2.55 bits per heavy atom. The number of amides is 2. The normalized spacial score (nSPS) is 13.9. The van der Waals surface area contributed by atoms with E-state index in [-0.39, 0.29) is 17.7 Å². The lowest BCUT2D eigenvalue weighted by Crippen LogP contribution is -2.50. The predicted octanol–water partition coefficient (Wildman–Crippen LogP) is 2.46. The van der Waals surface area contributed by atoms with Crippen LogP contribution in [0.4, 0.5) is 16.3 Å². The molecule has 1 saturated heterocycles. The fourth-order valence-electron chi connectivity index (χ4n) is 3.60. The number of hydrogen-bond donors (Lipinski definition) is 2. The second kappa shape index (κ2) is 9.05. The molecule has 4 rings (SSSR count). The number of fused-ring (bicyclic) bond motifs is 1. The summed E-state index contributed by atoms with van der Waals surface area (Å²) in [5.74, 6) is 1.22. The van der Waals surface area contributed by atoms with E-state index in [2.05, 4.69) is 32.3 Å². The number of carbonyl (C=O) groups is 1. The predicted molar refractivity (Wildman–Crippen MR) is 120 cm³/mol. The number of anilines is 2. The Bertz CT molecular complexity index is 1080. The first kappa shape index (κ1) is 20.7. The highest BCUT2D eigenvalue weighted by atomic mass is 16.5. The summed E-state index contributed by atoms with van der Waals surface area (Å²) >= 11 is 0. The van der Waals surface area contributed by atoms with E-state index >= 15 is 0 Å². The number of urea groups is 1. The van der Waals surface area contributed by atoms with E-state index in [0.717, 1.165) is 24.3 Å². The summed E-state index contributed by atoms with van der Waals surface area (Å²) in [4.78, 5) is 25.9. The Kier molecular flexibility index (Phi) is 6.03. The standard InChI is InChI=1S/C22H26N6O3/c1-30-17-6-7-18-19(13-17)24-20(21(25-18)31-2)26-22(29)28-10-8-27(9-11-28)16-5-3-4-15(12-16)14-23/h3-7,12-13H,8-11,14,23H2,1-2H3,(H,24,26,29). The zero-order valence-corrected chi connectivity index (χ0v) is 17.7. The SMILES string of the molecule is COc1ccc2nc(OC)c(NC(=O)N3CCN(c4cccc(CN)c4)CC3)nc2c1. The first-order chi connectivity index (χ1) is 15.1. The van der Waals surface area contributed by atoms with Crippen LogP contribution < -0.4 is 25.4 Å². The van der Waals surface area contributed by atoms with Gasteiger partial charge in [-0.05, 0) is 29.8 Å². The number of aromatic nitrogens is 2. The van der Waals surface area contributed by atoms with E-state index in [9.17, 15) is 4.79 Å². The number of rotatable bonds is 5. The summed E-state index contributed by atoms with van der Waals surface area (Å²) in [5.41, 5.74) is 9.24. The van der Waals surface area contributed by atoms with Crippen LogP contribution in [0.25, 0.3) is 11.0 Å². The molecule has 0 saturated carbocycles. The van der Waals surface area contributed by atoms with Crippen molar-refractivity contribution in [1.29, 1.82) is 0 Å². The van der Waals surface area contributed by atoms with E-state index in [4.69, 9.17) is 15.2 Å². The lowest BCUT2D eigenvalue weighted by Gasteiger charge is -2.36. The summed E-state index contributed by atoms with van der Waals surface area (Å²) in [6, 6.07) is 13.3. The van der Waals surface area contributed by atoms with Crippen LogP contribution in [-0.2, 0) is 6.54 Å². The average molecular weight is 422 g/mol. The molecule has 3 N–H and O–H groups in total. The molecule has 0 spiro atoms. The van der Waals surface area contributed by atoms with Crippen molar-refractivity contribution in [2.45, 2.75) is 6.54 Å². The molecule has 2 aromatic carbocycles. The van der Waals surface area contributed by atoms with E-state index in [1.54, 1.807) is 30.2 Å². The molecule has 9 heteroatoms. The number of piperazine rings is 1. The van der Waals surface area contributed by atoms with Gasteiger partial charge in [-0.2, -0.15) is 0 Å². The highest BCUT2D eigenvalue weighted by molar-refractivity contribution is 5.91. The van der Waals surface area contributed by atoms with E-state index in [0.29, 0.717) is 36.4 Å². The lowest BCUT2D eigenvalue weighted by atomic mass is 10.1. The molecule has 1 aromatic heterocycles. The number of methoxy groups -OCH3 is 2. The Morgan fingerprint density at radius 2 is 1.84 bits per heavy atom. The van der Waals surface area contributed by atoms with Crippen molar-refractivity contribution in [3.8, 4) is 11.6 Å². The maximum absolute atomic E-state index is 12.9. The Morgan fingerprint density at radius 1 is 1.03 bits per heavy atom. The second-order valence-electron chi connectivity index (χ2n) is 7.21. The van der Waals surface area contributed by atoms with Gasteiger partial charge in [0.1, 0.15) is 5.75 Å². The van der Waals surface area contributed by atoms with Crippen LogP contribution in [0.15, 0.2) is 42.5 Å². The molecule has 9 nitrogen and oxygen atoms in total. The third-order valence-corrected chi connectivity index (χ3v) is 5.34. The van der Waals surface area contributed by atoms with Crippen LogP contribution in [-0.4, -0.2) is 61.3 Å². The molecule has 3 aromatic rings. The fraction of sp³-hybridized carbons (Fsp3) is 0.318. The molecule has 0 unspecified atom stereocenters. The molecule has 1 fully saturated rings. The Hall–Kier alpha value is -3.59. The summed E-state index contributed by atoms with van der Waals surface area (Å²) in [6.45, 7) is 3.17. The minimum absolute atomic E-state index is 0.231. The molecule has 0 radical (unpaired) electrons. The van der Waals surface area contributed by atoms with Crippen molar-refractivity contribution in [3.63, 3.8) is 0 Å². The van der Waals surface area contributed by atoms with Crippen LogP contribution in [0.5, 0.6) is 11.6 Å². The summed E-state index contributed by atoms with van der Waals surface area (Å²) in [7, 11) is 3.09. The molecule has 162 valence electrons. The second-order valence-corrected chi connectivity index (χ2v) is 7.21. The minimum atomic E-state index is -0.231. The number of hydrogen-bond acceptors (Lipinski definition) is 7. The van der Waals surface area contributed by atoms with Crippen molar-refractivity contribution < 1.29 is 14.3 Å². The number of ether oxygens (including phenoxy) is 2. The summed E-state index contributed by atoms with van der Waals surface area (Å²) in [6.07, 6.45) is 0. The fourth-order valence-corrected chi connectivity index (χ4v) is 3.60. The Labute approximate surface area is 180 Å². The third kappa shape index (κ3) is 4.46. The maximum atomic E-state index is 12.9. The zero-order chi connectivity index (χ0) is 21.8. The van der Waals surface area contributed by atoms with Gasteiger partial charge in [0.25, 0.3) is 5.88 Å². The highest BCUT2D eigenvalue weighted by Crippen LogP contribution is 2.26. The van der Waals surface area contributed by atoms with Crippen LogP contribution >= 0.6 is 0 Å². The monoisotopic (exact) mass is 422 g/mol. The van der Waals surface area contributed by atoms with Crippen molar-refractivity contribution in [1.82, 2.24) is 14.9 Å². The number of nitrogens with one attached hydrogen (secondary N) is 1. The molecule has 0 atom stereocenters. The molecule has 1 aliphatic heterocycles. The molecule has 2 heterocycles. The van der Waals surface area contributed by atoms with Gasteiger partial charge in [-0.3, -0.25) is 5.32 Å². The van der Waals surface area contributed by atoms with Crippen LogP contribution in [0.2, 0.25) is 0 Å². The molecule has 0 aliphatic carbocycles. The number of nitrogens with zero attached hydrogens (tertiary/aromatic N) is 4. The largest absolute Gasteiger partial charge is 0.497 e. The number of benzene rings is 2. The number of nitrogens with two attached hydrogens (primary N) is 1. The first-order valence-electron chi connectivity index (χ1n) is 10.1. The molecule has 2 amide bonds. The summed E-state index contributed by atoms with van der Waals surface area (Å²) < 4.78 is 10.6. The van der Waals surface area contributed by atoms with Crippen molar-refractivity contribution in [3.05, 3.63) is 48.0 Å². The van der Waals surface area contributed by atoms with Crippen LogP contribution in [0.3, 0.4) is 0 Å². The third-order valence-electron chi connectivity index (χ3n) is 5.34. The maximum Gasteiger partial charge on any atom is 0.323 e. The average Bonchev–Trinajstić information content (AvgIpc) is 2.83. The zero-order valence-electron chi connectivity index (χ0n) is 17.7. The van der Waals surface area contributed by atoms with Crippen molar-refractivity contribution in [2.75, 3.05) is 50.6 Å². The number of carbonyl (C=O) groups excluding carboxylic acids is 1. The minimum Gasteiger partial charge on any atom is -0.497 e. The van der Waals surface area contributed by atoms with Gasteiger partial charge in [-0.15, -0.1) is 0 Å². The van der Waals surface area contributed by atoms with Crippen LogP contribution in [0, 0.1) is 0 Å². The van der Waals surface area contributed by atoms with Crippen molar-refractivity contribution >= 4 is 28.6 Å². The van der Waals surface area contributed by atoms with Gasteiger partial charge in [-0.1, -0.05) is 12.1 Å². The van der Waals surface area contributed by atoms with Gasteiger partial charge in [0.05, 0.1) is 25.3 Å². The van der Waals surface area contributed by atoms with Gasteiger partial charge < -0.3 is 25.0 Å². The Balaban J connectivity index is 1.45. The van der Waals surface area contributed by atoms with Gasteiger partial charge in [0, 0.05) is 44.5 Å². The van der Waals surface area contributed by atoms with Gasteiger partial charge in [0.2, 0.25) is 0 Å². The van der Waals surface area contributed by atoms with Crippen LogP contribution in [0.1, 0.15) is 5.56 Å². The molecule has 1 aliphatic rings. The molecule has 0 bridgehead atoms. The van der Waals surface area contributed by atoms with Gasteiger partial charge in [-0.25, -0.2) is 14.8 Å². The topological polar surface area (TPSA) is 106 Å². The van der Waals surface area contributed by atoms with Crippen molar-refractivity contribution in [2.24, 2.45) is 5.73 Å². The lowest BCUT2D eigenvalue weighted by molar-refractivity contribution is 0.208.